The predicted molar refractivity (Wildman–Crippen MR) is 68.4 cm³/mol. The second-order valence-electron chi connectivity index (χ2n) is 4.59. The Morgan fingerprint density at radius 1 is 1.28 bits per heavy atom. The summed E-state index contributed by atoms with van der Waals surface area (Å²) in [5.74, 6) is -0.827. The first-order valence-corrected chi connectivity index (χ1v) is 6.39. The zero-order chi connectivity index (χ0) is 12.8. The number of ether oxygens (including phenoxy) is 1. The highest BCUT2D eigenvalue weighted by atomic mass is 16.5. The van der Waals surface area contributed by atoms with Crippen molar-refractivity contribution in [3.05, 3.63) is 35.9 Å². The van der Waals surface area contributed by atoms with Crippen LogP contribution in [0.4, 0.5) is 0 Å². The molecule has 2 atom stereocenters. The lowest BCUT2D eigenvalue weighted by Gasteiger charge is -2.22. The topological polar surface area (TPSA) is 58.6 Å². The molecule has 2 N–H and O–H groups in total. The van der Waals surface area contributed by atoms with Crippen molar-refractivity contribution in [3.63, 3.8) is 0 Å². The second-order valence-corrected chi connectivity index (χ2v) is 4.59. The van der Waals surface area contributed by atoms with E-state index in [0.29, 0.717) is 6.61 Å². The minimum absolute atomic E-state index is 0.216. The first-order valence-electron chi connectivity index (χ1n) is 6.39. The molecule has 1 aliphatic heterocycles. The van der Waals surface area contributed by atoms with Crippen LogP contribution in [-0.4, -0.2) is 30.3 Å². The molecular weight excluding hydrogens is 230 g/mol. The van der Waals surface area contributed by atoms with Crippen LogP contribution in [0, 0.1) is 0 Å². The quantitative estimate of drug-likeness (QED) is 0.856. The Morgan fingerprint density at radius 2 is 2.06 bits per heavy atom. The molecule has 18 heavy (non-hydrogen) atoms. The number of carbonyl (C=O) groups is 1. The van der Waals surface area contributed by atoms with Gasteiger partial charge >= 0.3 is 5.97 Å². The minimum Gasteiger partial charge on any atom is -0.480 e. The molecule has 1 saturated heterocycles. The highest BCUT2D eigenvalue weighted by molar-refractivity contribution is 5.75. The summed E-state index contributed by atoms with van der Waals surface area (Å²) in [7, 11) is 0. The lowest BCUT2D eigenvalue weighted by atomic mass is 10.0. The molecule has 1 fully saturated rings. The highest BCUT2D eigenvalue weighted by Gasteiger charge is 2.23. The van der Waals surface area contributed by atoms with Gasteiger partial charge in [0.2, 0.25) is 0 Å². The molecule has 0 saturated carbocycles. The molecule has 0 aliphatic carbocycles. The van der Waals surface area contributed by atoms with Crippen LogP contribution in [0.5, 0.6) is 0 Å². The number of hydrogen-bond donors (Lipinski definition) is 2. The van der Waals surface area contributed by atoms with E-state index < -0.39 is 12.0 Å². The van der Waals surface area contributed by atoms with Gasteiger partial charge in [0.25, 0.3) is 0 Å². The molecule has 4 nitrogen and oxygen atoms in total. The van der Waals surface area contributed by atoms with Crippen LogP contribution in [0.2, 0.25) is 0 Å². The molecule has 1 heterocycles. The highest BCUT2D eigenvalue weighted by Crippen LogP contribution is 2.17. The van der Waals surface area contributed by atoms with Crippen LogP contribution in [0.3, 0.4) is 0 Å². The molecule has 4 heteroatoms. The van der Waals surface area contributed by atoms with E-state index in [1.165, 1.54) is 0 Å². The van der Waals surface area contributed by atoms with Gasteiger partial charge in [-0.25, -0.2) is 0 Å². The third kappa shape index (κ3) is 3.55. The number of aliphatic carboxylic acids is 1. The number of hydrogen-bond acceptors (Lipinski definition) is 3. The zero-order valence-corrected chi connectivity index (χ0v) is 10.3. The van der Waals surface area contributed by atoms with Gasteiger partial charge in [0, 0.05) is 19.3 Å². The van der Waals surface area contributed by atoms with Crippen molar-refractivity contribution in [3.8, 4) is 0 Å². The van der Waals surface area contributed by atoms with Gasteiger partial charge in [-0.2, -0.15) is 0 Å². The van der Waals surface area contributed by atoms with Gasteiger partial charge in [0.05, 0.1) is 0 Å². The van der Waals surface area contributed by atoms with Crippen molar-refractivity contribution in [1.82, 2.24) is 5.32 Å². The fourth-order valence-electron chi connectivity index (χ4n) is 2.26. The molecule has 0 aromatic heterocycles. The Morgan fingerprint density at radius 3 is 2.78 bits per heavy atom. The molecule has 2 rings (SSSR count). The first-order chi connectivity index (χ1) is 8.77. The van der Waals surface area contributed by atoms with Crippen LogP contribution in [0.1, 0.15) is 30.9 Å². The van der Waals surface area contributed by atoms with Crippen LogP contribution >= 0.6 is 0 Å². The largest absolute Gasteiger partial charge is 0.480 e. The molecule has 0 amide bonds. The summed E-state index contributed by atoms with van der Waals surface area (Å²) in [4.78, 5) is 11.4. The van der Waals surface area contributed by atoms with Crippen molar-refractivity contribution < 1.29 is 14.6 Å². The maximum absolute atomic E-state index is 11.4. The number of benzene rings is 1. The Balaban J connectivity index is 2.04. The predicted octanol–water partition coefficient (Wildman–Crippen LogP) is 1.97. The molecule has 1 aromatic rings. The van der Waals surface area contributed by atoms with Crippen LogP contribution in [0.25, 0.3) is 0 Å². The summed E-state index contributed by atoms with van der Waals surface area (Å²) in [5, 5.41) is 12.6. The fourth-order valence-corrected chi connectivity index (χ4v) is 2.26. The van der Waals surface area contributed by atoms with Crippen molar-refractivity contribution >= 4 is 5.97 Å². The standard InChI is InChI=1S/C14H19NO3/c16-14(17)13(11-5-2-1-3-6-11)15-12-7-4-9-18-10-8-12/h1-3,5-6,12-13,15H,4,7-10H2,(H,16,17). The number of nitrogens with one attached hydrogen (secondary N) is 1. The maximum Gasteiger partial charge on any atom is 0.325 e. The van der Waals surface area contributed by atoms with Gasteiger partial charge in [-0.05, 0) is 24.8 Å². The first kappa shape index (κ1) is 13.1. The van der Waals surface area contributed by atoms with E-state index in [4.69, 9.17) is 4.74 Å². The maximum atomic E-state index is 11.4. The van der Waals surface area contributed by atoms with Crippen LogP contribution in [-0.2, 0) is 9.53 Å². The van der Waals surface area contributed by atoms with Crippen molar-refractivity contribution in [2.75, 3.05) is 13.2 Å². The third-order valence-corrected chi connectivity index (χ3v) is 3.23. The smallest absolute Gasteiger partial charge is 0.325 e. The van der Waals surface area contributed by atoms with E-state index >= 15 is 0 Å². The molecule has 1 aromatic carbocycles. The van der Waals surface area contributed by atoms with Crippen LogP contribution < -0.4 is 5.32 Å². The van der Waals surface area contributed by atoms with Gasteiger partial charge < -0.3 is 9.84 Å². The van der Waals surface area contributed by atoms with Crippen molar-refractivity contribution in [1.29, 1.82) is 0 Å². The molecular formula is C14H19NO3. The van der Waals surface area contributed by atoms with E-state index in [0.717, 1.165) is 31.4 Å². The zero-order valence-electron chi connectivity index (χ0n) is 10.3. The molecule has 98 valence electrons. The average Bonchev–Trinajstić information content (AvgIpc) is 2.65. The lowest BCUT2D eigenvalue weighted by molar-refractivity contribution is -0.140. The van der Waals surface area contributed by atoms with Crippen LogP contribution in [0.15, 0.2) is 30.3 Å². The van der Waals surface area contributed by atoms with E-state index in [9.17, 15) is 9.90 Å². The summed E-state index contributed by atoms with van der Waals surface area (Å²) in [6.45, 7) is 1.49. The Kier molecular flexibility index (Phi) is 4.73. The average molecular weight is 249 g/mol. The Bertz CT molecular complexity index is 372. The minimum atomic E-state index is -0.827. The van der Waals surface area contributed by atoms with Gasteiger partial charge in [-0.1, -0.05) is 30.3 Å². The number of carboxylic acids is 1. The number of rotatable bonds is 4. The van der Waals surface area contributed by atoms with E-state index in [1.54, 1.807) is 0 Å². The Hall–Kier alpha value is -1.39. The lowest BCUT2D eigenvalue weighted by Crippen LogP contribution is -2.37. The molecule has 0 radical (unpaired) electrons. The van der Waals surface area contributed by atoms with E-state index in [-0.39, 0.29) is 6.04 Å². The number of carboxylic acid groups (broad SMARTS) is 1. The normalized spacial score (nSPS) is 22.1. The summed E-state index contributed by atoms with van der Waals surface area (Å²) >= 11 is 0. The SMILES string of the molecule is O=C(O)C(NC1CCCOCC1)c1ccccc1. The summed E-state index contributed by atoms with van der Waals surface area (Å²) < 4.78 is 5.39. The van der Waals surface area contributed by atoms with Gasteiger partial charge in [0.15, 0.2) is 0 Å². The monoisotopic (exact) mass is 249 g/mol. The summed E-state index contributed by atoms with van der Waals surface area (Å²) in [6.07, 6.45) is 2.83. The van der Waals surface area contributed by atoms with Gasteiger partial charge in [-0.15, -0.1) is 0 Å². The van der Waals surface area contributed by atoms with E-state index in [2.05, 4.69) is 5.32 Å². The van der Waals surface area contributed by atoms with Gasteiger partial charge in [0.1, 0.15) is 6.04 Å². The molecule has 1 aliphatic rings. The summed E-state index contributed by atoms with van der Waals surface area (Å²) in [5.41, 5.74) is 0.801. The van der Waals surface area contributed by atoms with Crippen molar-refractivity contribution in [2.24, 2.45) is 0 Å². The fraction of sp³-hybridized carbons (Fsp3) is 0.500. The van der Waals surface area contributed by atoms with Crippen molar-refractivity contribution in [2.45, 2.75) is 31.3 Å². The third-order valence-electron chi connectivity index (χ3n) is 3.23. The Labute approximate surface area is 107 Å². The van der Waals surface area contributed by atoms with E-state index in [1.807, 2.05) is 30.3 Å². The van der Waals surface area contributed by atoms with Gasteiger partial charge in [-0.3, -0.25) is 10.1 Å². The molecule has 0 spiro atoms. The molecule has 0 bridgehead atoms. The summed E-state index contributed by atoms with van der Waals surface area (Å²) in [6, 6.07) is 8.90. The second kappa shape index (κ2) is 6.52. The molecule has 2 unspecified atom stereocenters.